The molecule has 0 aliphatic heterocycles. The number of carbonyl (C=O) groups is 1. The first-order valence-corrected chi connectivity index (χ1v) is 8.78. The second kappa shape index (κ2) is 8.81. The number of ether oxygens (including phenoxy) is 1. The van der Waals surface area contributed by atoms with Crippen molar-refractivity contribution in [2.45, 2.75) is 12.7 Å². The van der Waals surface area contributed by atoms with Crippen LogP contribution in [0.4, 0.5) is 28.9 Å². The fraction of sp³-hybridized carbons (Fsp3) is 0.143. The van der Waals surface area contributed by atoms with Gasteiger partial charge in [0.1, 0.15) is 0 Å². The van der Waals surface area contributed by atoms with E-state index in [1.165, 1.54) is 13.2 Å². The zero-order chi connectivity index (χ0) is 21.7. The molecule has 3 rings (SSSR count). The lowest BCUT2D eigenvalue weighted by molar-refractivity contribution is -0.139. The zero-order valence-electron chi connectivity index (χ0n) is 15.8. The van der Waals surface area contributed by atoms with Crippen LogP contribution < -0.4 is 15.4 Å². The van der Waals surface area contributed by atoms with Crippen LogP contribution in [0.25, 0.3) is 0 Å². The molecule has 3 aromatic rings. The lowest BCUT2D eigenvalue weighted by atomic mass is 10.1. The Bertz CT molecular complexity index is 1040. The van der Waals surface area contributed by atoms with Crippen LogP contribution in [0.15, 0.2) is 60.8 Å². The number of para-hydroxylation sites is 1. The number of carbonyl (C=O) groups excluding carboxylic acids is 1. The lowest BCUT2D eigenvalue weighted by Crippen LogP contribution is -2.17. The van der Waals surface area contributed by atoms with Crippen molar-refractivity contribution < 1.29 is 27.1 Å². The Balaban J connectivity index is 1.77. The van der Waals surface area contributed by atoms with Crippen molar-refractivity contribution in [2.24, 2.45) is 0 Å². The standard InChI is InChI=1S/C21H17F4N3O2/c1-30-18-10-9-13(12-27-18)11-26-16-7-3-2-5-14(16)20(29)28-17-8-4-6-15(19(17)22)21(23,24)25/h2-10,12,26H,11H2,1H3,(H,28,29). The van der Waals surface area contributed by atoms with Crippen molar-refractivity contribution in [2.75, 3.05) is 17.7 Å². The fourth-order valence-electron chi connectivity index (χ4n) is 2.71. The van der Waals surface area contributed by atoms with Crippen LogP contribution in [0.1, 0.15) is 21.5 Å². The van der Waals surface area contributed by atoms with Crippen molar-refractivity contribution in [3.05, 3.63) is 83.3 Å². The summed E-state index contributed by atoms with van der Waals surface area (Å²) in [4.78, 5) is 16.7. The van der Waals surface area contributed by atoms with Gasteiger partial charge in [0.05, 0.1) is 23.9 Å². The summed E-state index contributed by atoms with van der Waals surface area (Å²) in [5.41, 5.74) is -0.605. The molecular formula is C21H17F4N3O2. The van der Waals surface area contributed by atoms with Gasteiger partial charge in [0.25, 0.3) is 5.91 Å². The van der Waals surface area contributed by atoms with Gasteiger partial charge in [-0.3, -0.25) is 4.79 Å². The molecule has 156 valence electrons. The predicted octanol–water partition coefficient (Wildman–Crippen LogP) is 5.11. The molecule has 2 aromatic carbocycles. The van der Waals surface area contributed by atoms with Crippen LogP contribution in [0.5, 0.6) is 5.88 Å². The van der Waals surface area contributed by atoms with Gasteiger partial charge in [0.15, 0.2) is 5.82 Å². The van der Waals surface area contributed by atoms with Gasteiger partial charge in [-0.25, -0.2) is 9.37 Å². The van der Waals surface area contributed by atoms with E-state index in [4.69, 9.17) is 4.74 Å². The number of amides is 1. The molecule has 0 aliphatic carbocycles. The van der Waals surface area contributed by atoms with Crippen molar-refractivity contribution >= 4 is 17.3 Å². The predicted molar refractivity (Wildman–Crippen MR) is 104 cm³/mol. The normalized spacial score (nSPS) is 11.1. The van der Waals surface area contributed by atoms with E-state index in [0.29, 0.717) is 24.2 Å². The van der Waals surface area contributed by atoms with Gasteiger partial charge in [-0.2, -0.15) is 13.2 Å². The third-order valence-corrected chi connectivity index (χ3v) is 4.21. The minimum Gasteiger partial charge on any atom is -0.481 e. The summed E-state index contributed by atoms with van der Waals surface area (Å²) >= 11 is 0. The second-order valence-electron chi connectivity index (χ2n) is 6.23. The number of pyridine rings is 1. The van der Waals surface area contributed by atoms with E-state index in [0.717, 1.165) is 17.7 Å². The van der Waals surface area contributed by atoms with Crippen molar-refractivity contribution in [3.8, 4) is 5.88 Å². The molecule has 1 amide bonds. The van der Waals surface area contributed by atoms with Gasteiger partial charge in [-0.1, -0.05) is 24.3 Å². The maximum absolute atomic E-state index is 14.2. The number of nitrogens with zero attached hydrogens (tertiary/aromatic N) is 1. The summed E-state index contributed by atoms with van der Waals surface area (Å²) in [6, 6.07) is 12.6. The number of nitrogens with one attached hydrogen (secondary N) is 2. The molecule has 0 aliphatic rings. The number of halogens is 4. The summed E-state index contributed by atoms with van der Waals surface area (Å²) in [5, 5.41) is 5.28. The Morgan fingerprint density at radius 1 is 1.03 bits per heavy atom. The molecule has 0 fully saturated rings. The van der Waals surface area contributed by atoms with Gasteiger partial charge in [-0.15, -0.1) is 0 Å². The topological polar surface area (TPSA) is 63.2 Å². The second-order valence-corrected chi connectivity index (χ2v) is 6.23. The molecule has 1 heterocycles. The third kappa shape index (κ3) is 4.86. The van der Waals surface area contributed by atoms with Crippen molar-refractivity contribution in [1.82, 2.24) is 4.98 Å². The molecule has 0 bridgehead atoms. The van der Waals surface area contributed by atoms with E-state index in [9.17, 15) is 22.4 Å². The van der Waals surface area contributed by atoms with Crippen LogP contribution in [0.3, 0.4) is 0 Å². The van der Waals surface area contributed by atoms with Crippen molar-refractivity contribution in [1.29, 1.82) is 0 Å². The molecule has 2 N–H and O–H groups in total. The summed E-state index contributed by atoms with van der Waals surface area (Å²) in [6.07, 6.45) is -3.26. The van der Waals surface area contributed by atoms with E-state index in [2.05, 4.69) is 15.6 Å². The highest BCUT2D eigenvalue weighted by Gasteiger charge is 2.35. The maximum Gasteiger partial charge on any atom is 0.419 e. The Labute approximate surface area is 169 Å². The molecule has 30 heavy (non-hydrogen) atoms. The number of benzene rings is 2. The quantitative estimate of drug-likeness (QED) is 0.545. The molecule has 0 saturated heterocycles. The average Bonchev–Trinajstić information content (AvgIpc) is 2.73. The number of rotatable bonds is 6. The minimum atomic E-state index is -4.86. The van der Waals surface area contributed by atoms with Gasteiger partial charge in [-0.05, 0) is 29.8 Å². The smallest absolute Gasteiger partial charge is 0.419 e. The van der Waals surface area contributed by atoms with E-state index in [1.807, 2.05) is 0 Å². The number of alkyl halides is 3. The molecular weight excluding hydrogens is 402 g/mol. The number of methoxy groups -OCH3 is 1. The summed E-state index contributed by atoms with van der Waals surface area (Å²) in [6.45, 7) is 0.333. The minimum absolute atomic E-state index is 0.149. The molecule has 0 radical (unpaired) electrons. The molecule has 9 heteroatoms. The summed E-state index contributed by atoms with van der Waals surface area (Å²) in [5.74, 6) is -1.82. The van der Waals surface area contributed by atoms with Crippen LogP contribution in [0.2, 0.25) is 0 Å². The molecule has 0 saturated carbocycles. The lowest BCUT2D eigenvalue weighted by Gasteiger charge is -2.14. The van der Waals surface area contributed by atoms with Crippen LogP contribution in [-0.4, -0.2) is 18.0 Å². The highest BCUT2D eigenvalue weighted by Crippen LogP contribution is 2.34. The van der Waals surface area contributed by atoms with E-state index >= 15 is 0 Å². The van der Waals surface area contributed by atoms with Gasteiger partial charge in [0.2, 0.25) is 5.88 Å². The number of anilines is 2. The van der Waals surface area contributed by atoms with Crippen LogP contribution in [-0.2, 0) is 12.7 Å². The van der Waals surface area contributed by atoms with E-state index < -0.39 is 29.2 Å². The summed E-state index contributed by atoms with van der Waals surface area (Å²) < 4.78 is 57.9. The highest BCUT2D eigenvalue weighted by atomic mass is 19.4. The Hall–Kier alpha value is -3.62. The zero-order valence-corrected chi connectivity index (χ0v) is 15.8. The van der Waals surface area contributed by atoms with E-state index in [-0.39, 0.29) is 5.56 Å². The Morgan fingerprint density at radius 2 is 1.77 bits per heavy atom. The van der Waals surface area contributed by atoms with Gasteiger partial charge < -0.3 is 15.4 Å². The molecule has 1 aromatic heterocycles. The molecule has 0 spiro atoms. The third-order valence-electron chi connectivity index (χ3n) is 4.21. The molecule has 5 nitrogen and oxygen atoms in total. The van der Waals surface area contributed by atoms with Crippen LogP contribution >= 0.6 is 0 Å². The number of hydrogen-bond acceptors (Lipinski definition) is 4. The first kappa shape index (κ1) is 21.1. The largest absolute Gasteiger partial charge is 0.481 e. The summed E-state index contributed by atoms with van der Waals surface area (Å²) in [7, 11) is 1.50. The van der Waals surface area contributed by atoms with Gasteiger partial charge in [0, 0.05) is 24.5 Å². The molecule has 0 atom stereocenters. The first-order chi connectivity index (χ1) is 14.3. The van der Waals surface area contributed by atoms with Crippen LogP contribution in [0, 0.1) is 5.82 Å². The average molecular weight is 419 g/mol. The Morgan fingerprint density at radius 3 is 2.43 bits per heavy atom. The first-order valence-electron chi connectivity index (χ1n) is 8.78. The molecule has 0 unspecified atom stereocenters. The maximum atomic E-state index is 14.2. The Kier molecular flexibility index (Phi) is 6.20. The number of hydrogen-bond donors (Lipinski definition) is 2. The van der Waals surface area contributed by atoms with E-state index in [1.54, 1.807) is 36.5 Å². The SMILES string of the molecule is COc1ccc(CNc2ccccc2C(=O)Nc2cccc(C(F)(F)F)c2F)cn1. The van der Waals surface area contributed by atoms with Crippen molar-refractivity contribution in [3.63, 3.8) is 0 Å². The number of aromatic nitrogens is 1. The monoisotopic (exact) mass is 419 g/mol. The van der Waals surface area contributed by atoms with Gasteiger partial charge >= 0.3 is 6.18 Å². The highest BCUT2D eigenvalue weighted by molar-refractivity contribution is 6.08. The fourth-order valence-corrected chi connectivity index (χ4v) is 2.71.